The van der Waals surface area contributed by atoms with E-state index in [2.05, 4.69) is 12.1 Å². The Bertz CT molecular complexity index is 958. The number of carbonyl (C=O) groups excluding carboxylic acids is 2. The molecule has 0 aromatic heterocycles. The average molecular weight is 416 g/mol. The third kappa shape index (κ3) is 3.90. The maximum absolute atomic E-state index is 13.2. The zero-order valence-electron chi connectivity index (χ0n) is 17.5. The molecule has 0 N–H and O–H groups in total. The molecule has 3 unspecified atom stereocenters. The summed E-state index contributed by atoms with van der Waals surface area (Å²) in [6.45, 7) is 0. The fraction of sp³-hybridized carbons (Fsp3) is 0.360. The molecule has 0 bridgehead atoms. The summed E-state index contributed by atoms with van der Waals surface area (Å²) in [5.74, 6) is -3.71. The summed E-state index contributed by atoms with van der Waals surface area (Å²) in [5.41, 5.74) is 0.0904. The van der Waals surface area contributed by atoms with Crippen LogP contribution in [0.4, 0.5) is 0 Å². The highest BCUT2D eigenvalue weighted by Gasteiger charge is 2.59. The molecule has 1 fully saturated rings. The first-order chi connectivity index (χ1) is 15.0. The Morgan fingerprint density at radius 2 is 1.39 bits per heavy atom. The smallest absolute Gasteiger partial charge is 0.327 e. The quantitative estimate of drug-likeness (QED) is 0.684. The van der Waals surface area contributed by atoms with Crippen molar-refractivity contribution in [3.05, 3.63) is 71.8 Å². The number of nitriles is 2. The third-order valence-corrected chi connectivity index (χ3v) is 6.35. The Hall–Kier alpha value is -3.64. The lowest BCUT2D eigenvalue weighted by Crippen LogP contribution is -2.48. The van der Waals surface area contributed by atoms with Gasteiger partial charge in [0, 0.05) is 11.8 Å². The zero-order valence-corrected chi connectivity index (χ0v) is 17.5. The molecule has 6 nitrogen and oxygen atoms in total. The van der Waals surface area contributed by atoms with Gasteiger partial charge in [-0.2, -0.15) is 10.5 Å². The van der Waals surface area contributed by atoms with E-state index in [1.54, 1.807) is 0 Å². The molecule has 1 saturated carbocycles. The minimum Gasteiger partial charge on any atom is -0.468 e. The predicted octanol–water partition coefficient (Wildman–Crippen LogP) is 3.96. The number of carbonyl (C=O) groups is 2. The van der Waals surface area contributed by atoms with Gasteiger partial charge in [0.05, 0.1) is 26.4 Å². The molecule has 0 saturated heterocycles. The Labute approximate surface area is 182 Å². The Kier molecular flexibility index (Phi) is 6.72. The molecule has 0 spiro atoms. The largest absolute Gasteiger partial charge is 0.468 e. The van der Waals surface area contributed by atoms with Gasteiger partial charge in [0.25, 0.3) is 0 Å². The molecular weight excluding hydrogens is 392 g/mol. The fourth-order valence-electron chi connectivity index (χ4n) is 4.89. The summed E-state index contributed by atoms with van der Waals surface area (Å²) in [5, 5.41) is 20.2. The number of ether oxygens (including phenoxy) is 2. The van der Waals surface area contributed by atoms with Crippen molar-refractivity contribution in [2.75, 3.05) is 14.2 Å². The van der Waals surface area contributed by atoms with Crippen molar-refractivity contribution >= 4 is 11.9 Å². The summed E-state index contributed by atoms with van der Waals surface area (Å²) in [6, 6.07) is 23.0. The first-order valence-electron chi connectivity index (χ1n) is 10.1. The van der Waals surface area contributed by atoms with Crippen LogP contribution in [0.1, 0.15) is 35.8 Å². The molecule has 0 radical (unpaired) electrons. The summed E-state index contributed by atoms with van der Waals surface area (Å²) < 4.78 is 10.0. The van der Waals surface area contributed by atoms with E-state index in [4.69, 9.17) is 9.47 Å². The van der Waals surface area contributed by atoms with Gasteiger partial charge in [-0.1, -0.05) is 60.7 Å². The topological polar surface area (TPSA) is 100 Å². The average Bonchev–Trinajstić information content (AvgIpc) is 2.84. The summed E-state index contributed by atoms with van der Waals surface area (Å²) >= 11 is 0. The number of rotatable bonds is 5. The first kappa shape index (κ1) is 22.1. The lowest BCUT2D eigenvalue weighted by Gasteiger charge is -2.46. The van der Waals surface area contributed by atoms with Crippen molar-refractivity contribution in [1.29, 1.82) is 10.5 Å². The molecule has 158 valence electrons. The molecule has 31 heavy (non-hydrogen) atoms. The highest BCUT2D eigenvalue weighted by Crippen LogP contribution is 2.58. The van der Waals surface area contributed by atoms with Gasteiger partial charge in [-0.05, 0) is 29.9 Å². The second-order valence-electron chi connectivity index (χ2n) is 7.76. The van der Waals surface area contributed by atoms with Gasteiger partial charge in [-0.15, -0.1) is 0 Å². The van der Waals surface area contributed by atoms with Gasteiger partial charge in [0.2, 0.25) is 0 Å². The van der Waals surface area contributed by atoms with Crippen LogP contribution in [0.5, 0.6) is 0 Å². The fourth-order valence-corrected chi connectivity index (χ4v) is 4.89. The van der Waals surface area contributed by atoms with Gasteiger partial charge in [-0.3, -0.25) is 9.59 Å². The minimum absolute atomic E-state index is 0.309. The molecule has 0 heterocycles. The molecule has 1 aliphatic carbocycles. The van der Waals surface area contributed by atoms with Crippen molar-refractivity contribution < 1.29 is 19.1 Å². The summed E-state index contributed by atoms with van der Waals surface area (Å²) in [6.07, 6.45) is 0.618. The second kappa shape index (κ2) is 9.45. The number of benzene rings is 2. The van der Waals surface area contributed by atoms with Crippen LogP contribution in [-0.2, 0) is 19.1 Å². The Morgan fingerprint density at radius 1 is 0.903 bits per heavy atom. The first-order valence-corrected chi connectivity index (χ1v) is 10.1. The number of methoxy groups -OCH3 is 2. The van der Waals surface area contributed by atoms with Crippen LogP contribution in [0.3, 0.4) is 0 Å². The second-order valence-corrected chi connectivity index (χ2v) is 7.76. The molecule has 2 aromatic rings. The van der Waals surface area contributed by atoms with E-state index < -0.39 is 35.1 Å². The standard InChI is InChI=1S/C25H24N2O4/c1-30-23(28)20(15-26)19-13-21(17-9-5-3-6-10-17)25(16-27,24(29)31-2)22(14-19)18-11-7-4-8-12-18/h3-12,19-22H,13-14H2,1-2H3/t19?,20?,21-,22+,25?. The third-order valence-electron chi connectivity index (χ3n) is 6.35. The lowest BCUT2D eigenvalue weighted by molar-refractivity contribution is -0.155. The van der Waals surface area contributed by atoms with E-state index in [9.17, 15) is 20.1 Å². The molecule has 5 atom stereocenters. The van der Waals surface area contributed by atoms with Crippen molar-refractivity contribution in [1.82, 2.24) is 0 Å². The van der Waals surface area contributed by atoms with Crippen LogP contribution < -0.4 is 0 Å². The van der Waals surface area contributed by atoms with Crippen LogP contribution in [0.2, 0.25) is 0 Å². The Morgan fingerprint density at radius 3 is 1.74 bits per heavy atom. The van der Waals surface area contributed by atoms with Crippen LogP contribution in [-0.4, -0.2) is 26.2 Å². The maximum Gasteiger partial charge on any atom is 0.327 e. The summed E-state index contributed by atoms with van der Waals surface area (Å²) in [4.78, 5) is 25.6. The van der Waals surface area contributed by atoms with Gasteiger partial charge in [0.1, 0.15) is 5.92 Å². The minimum atomic E-state index is -1.50. The molecule has 2 aromatic carbocycles. The van der Waals surface area contributed by atoms with Crippen LogP contribution in [0.25, 0.3) is 0 Å². The molecule has 0 amide bonds. The molecule has 3 rings (SSSR count). The normalized spacial score (nSPS) is 26.0. The lowest BCUT2D eigenvalue weighted by atomic mass is 9.53. The number of hydrogen-bond acceptors (Lipinski definition) is 6. The molecule has 0 aliphatic heterocycles. The maximum atomic E-state index is 13.2. The highest BCUT2D eigenvalue weighted by molar-refractivity contribution is 5.84. The zero-order chi connectivity index (χ0) is 22.4. The highest BCUT2D eigenvalue weighted by atomic mass is 16.5. The van der Waals surface area contributed by atoms with Crippen molar-refractivity contribution in [2.24, 2.45) is 17.3 Å². The van der Waals surface area contributed by atoms with E-state index in [0.29, 0.717) is 12.8 Å². The molecular formula is C25H24N2O4. The summed E-state index contributed by atoms with van der Waals surface area (Å²) in [7, 11) is 2.54. The van der Waals surface area contributed by atoms with Crippen LogP contribution in [0, 0.1) is 39.9 Å². The van der Waals surface area contributed by atoms with Crippen LogP contribution in [0.15, 0.2) is 60.7 Å². The van der Waals surface area contributed by atoms with E-state index in [-0.39, 0.29) is 5.92 Å². The monoisotopic (exact) mass is 416 g/mol. The Balaban J connectivity index is 2.23. The SMILES string of the molecule is COC(=O)C(C#N)C1C[C@H](c2ccccc2)C(C#N)(C(=O)OC)[C@H](c2ccccc2)C1. The van der Waals surface area contributed by atoms with Gasteiger partial charge in [0.15, 0.2) is 5.41 Å². The number of hydrogen-bond donors (Lipinski definition) is 0. The van der Waals surface area contributed by atoms with E-state index in [1.807, 2.05) is 60.7 Å². The van der Waals surface area contributed by atoms with E-state index in [1.165, 1.54) is 14.2 Å². The van der Waals surface area contributed by atoms with Crippen LogP contribution >= 0.6 is 0 Å². The van der Waals surface area contributed by atoms with E-state index in [0.717, 1.165) is 11.1 Å². The number of esters is 2. The molecule has 1 aliphatic rings. The molecule has 6 heteroatoms. The van der Waals surface area contributed by atoms with Crippen molar-refractivity contribution in [3.63, 3.8) is 0 Å². The van der Waals surface area contributed by atoms with Crippen molar-refractivity contribution in [3.8, 4) is 12.1 Å². The van der Waals surface area contributed by atoms with Gasteiger partial charge in [-0.25, -0.2) is 0 Å². The van der Waals surface area contributed by atoms with Crippen molar-refractivity contribution in [2.45, 2.75) is 24.7 Å². The van der Waals surface area contributed by atoms with Gasteiger partial charge >= 0.3 is 11.9 Å². The predicted molar refractivity (Wildman–Crippen MR) is 112 cm³/mol. The van der Waals surface area contributed by atoms with E-state index >= 15 is 0 Å². The van der Waals surface area contributed by atoms with Gasteiger partial charge < -0.3 is 9.47 Å². The number of nitrogens with zero attached hydrogens (tertiary/aromatic N) is 2.